The Balaban J connectivity index is 1.97. The fourth-order valence-electron chi connectivity index (χ4n) is 3.07. The topological polar surface area (TPSA) is 72.2 Å². The van der Waals surface area contributed by atoms with E-state index in [1.54, 1.807) is 21.3 Å². The van der Waals surface area contributed by atoms with Crippen LogP contribution >= 0.6 is 0 Å². The second-order valence-corrected chi connectivity index (χ2v) is 6.49. The Morgan fingerprint density at radius 3 is 1.93 bits per heavy atom. The first-order chi connectivity index (χ1) is 14.7. The van der Waals surface area contributed by atoms with Crippen molar-refractivity contribution in [2.45, 2.75) is 6.61 Å². The van der Waals surface area contributed by atoms with Gasteiger partial charge in [0.05, 0.1) is 21.3 Å². The van der Waals surface area contributed by atoms with Gasteiger partial charge in [0, 0.05) is 6.54 Å². The SMILES string of the molecule is COc1cc(-c2ccc(OCCN)c(OCc3ccccc3)c2)cc(OC)c1OC. The van der Waals surface area contributed by atoms with E-state index in [0.29, 0.717) is 48.5 Å². The Hall–Kier alpha value is -3.38. The molecular formula is C24H27NO5. The molecule has 0 aromatic heterocycles. The third-order valence-electron chi connectivity index (χ3n) is 4.55. The molecule has 0 aliphatic carbocycles. The molecule has 0 radical (unpaired) electrons. The van der Waals surface area contributed by atoms with Crippen molar-refractivity contribution in [3.05, 3.63) is 66.2 Å². The molecule has 0 aliphatic rings. The fourth-order valence-corrected chi connectivity index (χ4v) is 3.07. The summed E-state index contributed by atoms with van der Waals surface area (Å²) >= 11 is 0. The number of ether oxygens (including phenoxy) is 5. The minimum absolute atomic E-state index is 0.408. The van der Waals surface area contributed by atoms with Crippen LogP contribution in [0.2, 0.25) is 0 Å². The van der Waals surface area contributed by atoms with Gasteiger partial charge in [-0.15, -0.1) is 0 Å². The van der Waals surface area contributed by atoms with Gasteiger partial charge in [-0.3, -0.25) is 0 Å². The van der Waals surface area contributed by atoms with E-state index in [1.807, 2.05) is 60.7 Å². The van der Waals surface area contributed by atoms with Crippen LogP contribution in [0.3, 0.4) is 0 Å². The number of methoxy groups -OCH3 is 3. The van der Waals surface area contributed by atoms with Crippen LogP contribution in [0.5, 0.6) is 28.7 Å². The minimum Gasteiger partial charge on any atom is -0.493 e. The molecule has 0 bridgehead atoms. The Morgan fingerprint density at radius 1 is 0.667 bits per heavy atom. The summed E-state index contributed by atoms with van der Waals surface area (Å²) in [4.78, 5) is 0. The second-order valence-electron chi connectivity index (χ2n) is 6.49. The molecule has 30 heavy (non-hydrogen) atoms. The highest BCUT2D eigenvalue weighted by atomic mass is 16.5. The maximum absolute atomic E-state index is 6.09. The zero-order valence-corrected chi connectivity index (χ0v) is 17.5. The average molecular weight is 409 g/mol. The quantitative estimate of drug-likeness (QED) is 0.538. The molecule has 0 spiro atoms. The molecule has 0 unspecified atom stereocenters. The Morgan fingerprint density at radius 2 is 1.33 bits per heavy atom. The molecular weight excluding hydrogens is 382 g/mol. The van der Waals surface area contributed by atoms with Gasteiger partial charge in [-0.05, 0) is 41.0 Å². The van der Waals surface area contributed by atoms with Crippen molar-refractivity contribution in [3.63, 3.8) is 0 Å². The maximum Gasteiger partial charge on any atom is 0.203 e. The van der Waals surface area contributed by atoms with E-state index in [-0.39, 0.29) is 0 Å². The van der Waals surface area contributed by atoms with E-state index in [4.69, 9.17) is 29.4 Å². The molecule has 0 atom stereocenters. The molecule has 6 nitrogen and oxygen atoms in total. The van der Waals surface area contributed by atoms with E-state index in [2.05, 4.69) is 0 Å². The largest absolute Gasteiger partial charge is 0.493 e. The lowest BCUT2D eigenvalue weighted by Crippen LogP contribution is -2.11. The summed E-state index contributed by atoms with van der Waals surface area (Å²) in [6, 6.07) is 19.6. The number of rotatable bonds is 10. The Bertz CT molecular complexity index is 934. The monoisotopic (exact) mass is 409 g/mol. The van der Waals surface area contributed by atoms with Gasteiger partial charge in [0.15, 0.2) is 23.0 Å². The molecule has 6 heteroatoms. The van der Waals surface area contributed by atoms with Gasteiger partial charge in [0.2, 0.25) is 5.75 Å². The van der Waals surface area contributed by atoms with Crippen LogP contribution < -0.4 is 29.4 Å². The molecule has 0 saturated carbocycles. The Labute approximate surface area is 177 Å². The van der Waals surface area contributed by atoms with Crippen molar-refractivity contribution >= 4 is 0 Å². The summed E-state index contributed by atoms with van der Waals surface area (Å²) in [6.45, 7) is 1.26. The van der Waals surface area contributed by atoms with Crippen LogP contribution in [0.15, 0.2) is 60.7 Å². The third-order valence-corrected chi connectivity index (χ3v) is 4.55. The van der Waals surface area contributed by atoms with Crippen LogP contribution in [0, 0.1) is 0 Å². The third kappa shape index (κ3) is 4.96. The number of benzene rings is 3. The molecule has 158 valence electrons. The lowest BCUT2D eigenvalue weighted by Gasteiger charge is -2.16. The zero-order chi connectivity index (χ0) is 21.3. The first-order valence-corrected chi connectivity index (χ1v) is 9.64. The molecule has 3 aromatic carbocycles. The van der Waals surface area contributed by atoms with E-state index in [0.717, 1.165) is 16.7 Å². The number of hydrogen-bond acceptors (Lipinski definition) is 6. The van der Waals surface area contributed by atoms with Crippen molar-refractivity contribution in [1.29, 1.82) is 0 Å². The van der Waals surface area contributed by atoms with Gasteiger partial charge in [-0.2, -0.15) is 0 Å². The van der Waals surface area contributed by atoms with Crippen molar-refractivity contribution in [1.82, 2.24) is 0 Å². The summed E-state index contributed by atoms with van der Waals surface area (Å²) < 4.78 is 28.2. The summed E-state index contributed by atoms with van der Waals surface area (Å²) in [7, 11) is 4.78. The number of nitrogens with two attached hydrogens (primary N) is 1. The molecule has 0 heterocycles. The van der Waals surface area contributed by atoms with Crippen molar-refractivity contribution in [3.8, 4) is 39.9 Å². The first kappa shape index (κ1) is 21.3. The zero-order valence-electron chi connectivity index (χ0n) is 17.5. The molecule has 0 fully saturated rings. The van der Waals surface area contributed by atoms with Crippen LogP contribution in [-0.4, -0.2) is 34.5 Å². The lowest BCUT2D eigenvalue weighted by atomic mass is 10.0. The van der Waals surface area contributed by atoms with E-state index in [1.165, 1.54) is 0 Å². The van der Waals surface area contributed by atoms with Crippen LogP contribution in [0.4, 0.5) is 0 Å². The fraction of sp³-hybridized carbons (Fsp3) is 0.250. The first-order valence-electron chi connectivity index (χ1n) is 9.64. The van der Waals surface area contributed by atoms with E-state index in [9.17, 15) is 0 Å². The van der Waals surface area contributed by atoms with Gasteiger partial charge in [-0.1, -0.05) is 36.4 Å². The van der Waals surface area contributed by atoms with Gasteiger partial charge in [0.25, 0.3) is 0 Å². The van der Waals surface area contributed by atoms with Crippen LogP contribution in [0.1, 0.15) is 5.56 Å². The van der Waals surface area contributed by atoms with Gasteiger partial charge < -0.3 is 29.4 Å². The minimum atomic E-state index is 0.408. The van der Waals surface area contributed by atoms with Gasteiger partial charge in [0.1, 0.15) is 13.2 Å². The molecule has 3 rings (SSSR count). The van der Waals surface area contributed by atoms with E-state index < -0.39 is 0 Å². The summed E-state index contributed by atoms with van der Waals surface area (Å²) in [5, 5.41) is 0. The molecule has 0 saturated heterocycles. The van der Waals surface area contributed by atoms with E-state index >= 15 is 0 Å². The highest BCUT2D eigenvalue weighted by Gasteiger charge is 2.16. The summed E-state index contributed by atoms with van der Waals surface area (Å²) in [5.74, 6) is 3.00. The van der Waals surface area contributed by atoms with Crippen molar-refractivity contribution < 1.29 is 23.7 Å². The molecule has 0 amide bonds. The smallest absolute Gasteiger partial charge is 0.203 e. The van der Waals surface area contributed by atoms with Crippen molar-refractivity contribution in [2.24, 2.45) is 5.73 Å². The van der Waals surface area contributed by atoms with Crippen molar-refractivity contribution in [2.75, 3.05) is 34.5 Å². The standard InChI is InChI=1S/C24H27NO5/c1-26-22-14-19(15-23(27-2)24(22)28-3)18-9-10-20(29-12-11-25)21(13-18)30-16-17-7-5-4-6-8-17/h4-10,13-15H,11-12,16,25H2,1-3H3. The van der Waals surface area contributed by atoms with Crippen LogP contribution in [0.25, 0.3) is 11.1 Å². The predicted octanol–water partition coefficient (Wildman–Crippen LogP) is 4.30. The highest BCUT2D eigenvalue weighted by Crippen LogP contribution is 2.42. The van der Waals surface area contributed by atoms with Gasteiger partial charge >= 0.3 is 0 Å². The molecule has 3 aromatic rings. The average Bonchev–Trinajstić information content (AvgIpc) is 2.81. The number of hydrogen-bond donors (Lipinski definition) is 1. The predicted molar refractivity (Wildman–Crippen MR) is 117 cm³/mol. The molecule has 0 aliphatic heterocycles. The second kappa shape index (κ2) is 10.4. The highest BCUT2D eigenvalue weighted by molar-refractivity contribution is 5.73. The lowest BCUT2D eigenvalue weighted by molar-refractivity contribution is 0.266. The summed E-state index contributed by atoms with van der Waals surface area (Å²) in [6.07, 6.45) is 0. The van der Waals surface area contributed by atoms with Crippen LogP contribution in [-0.2, 0) is 6.61 Å². The Kier molecular flexibility index (Phi) is 7.40. The summed E-state index contributed by atoms with van der Waals surface area (Å²) in [5.41, 5.74) is 8.50. The van der Waals surface area contributed by atoms with Gasteiger partial charge in [-0.25, -0.2) is 0 Å². The maximum atomic E-state index is 6.09. The molecule has 2 N–H and O–H groups in total. The normalized spacial score (nSPS) is 10.4.